The zero-order chi connectivity index (χ0) is 13.0. The molecule has 0 aliphatic rings. The third-order valence-corrected chi connectivity index (χ3v) is 3.64. The zero-order valence-electron chi connectivity index (χ0n) is 9.97. The van der Waals surface area contributed by atoms with Gasteiger partial charge in [0.25, 0.3) is 0 Å². The number of nitrogens with zero attached hydrogens (tertiary/aromatic N) is 2. The lowest BCUT2D eigenvalue weighted by molar-refractivity contribution is -0.117. The second-order valence-corrected chi connectivity index (χ2v) is 4.99. The summed E-state index contributed by atoms with van der Waals surface area (Å²) in [6, 6.07) is 9.90. The van der Waals surface area contributed by atoms with Gasteiger partial charge in [0.15, 0.2) is 5.13 Å². The Bertz CT molecular complexity index is 527. The molecule has 3 nitrogen and oxygen atoms in total. The second-order valence-electron chi connectivity index (χ2n) is 3.77. The minimum atomic E-state index is -0.0149. The molecule has 0 fully saturated rings. The number of amides is 1. The van der Waals surface area contributed by atoms with Gasteiger partial charge in [-0.15, -0.1) is 22.9 Å². The highest BCUT2D eigenvalue weighted by molar-refractivity contribution is 7.14. The molecule has 1 aromatic heterocycles. The van der Waals surface area contributed by atoms with Crippen molar-refractivity contribution in [2.24, 2.45) is 0 Å². The summed E-state index contributed by atoms with van der Waals surface area (Å²) in [5.74, 6) is 0.319. The Morgan fingerprint density at radius 1 is 1.39 bits per heavy atom. The smallest absolute Gasteiger partial charge is 0.229 e. The molecule has 0 atom stereocenters. The fourth-order valence-corrected chi connectivity index (χ4v) is 2.49. The van der Waals surface area contributed by atoms with Gasteiger partial charge in [-0.25, -0.2) is 4.98 Å². The van der Waals surface area contributed by atoms with Gasteiger partial charge in [-0.1, -0.05) is 30.3 Å². The van der Waals surface area contributed by atoms with Crippen molar-refractivity contribution in [3.05, 3.63) is 35.7 Å². The van der Waals surface area contributed by atoms with Crippen molar-refractivity contribution in [2.45, 2.75) is 6.42 Å². The predicted octanol–water partition coefficient (Wildman–Crippen LogP) is 3.40. The predicted molar refractivity (Wildman–Crippen MR) is 76.3 cm³/mol. The lowest BCUT2D eigenvalue weighted by atomic mass is 10.2. The number of carbonyl (C=O) groups is 1. The van der Waals surface area contributed by atoms with Crippen molar-refractivity contribution in [1.82, 2.24) is 4.98 Å². The Morgan fingerprint density at radius 3 is 2.78 bits per heavy atom. The molecule has 0 radical (unpaired) electrons. The number of halogens is 1. The fraction of sp³-hybridized carbons (Fsp3) is 0.231. The van der Waals surface area contributed by atoms with Gasteiger partial charge < -0.3 is 0 Å². The normalized spacial score (nSPS) is 10.3. The molecule has 0 bridgehead atoms. The number of hydrogen-bond acceptors (Lipinski definition) is 3. The van der Waals surface area contributed by atoms with E-state index in [1.807, 2.05) is 35.7 Å². The average molecular weight is 281 g/mol. The van der Waals surface area contributed by atoms with Crippen LogP contribution in [0.2, 0.25) is 0 Å². The van der Waals surface area contributed by atoms with Crippen molar-refractivity contribution >= 4 is 34.0 Å². The third kappa shape index (κ3) is 2.89. The van der Waals surface area contributed by atoms with Crippen molar-refractivity contribution in [3.8, 4) is 11.3 Å². The summed E-state index contributed by atoms with van der Waals surface area (Å²) in [6.45, 7) is 0. The number of benzene rings is 1. The first-order chi connectivity index (χ1) is 8.72. The van der Waals surface area contributed by atoms with Crippen molar-refractivity contribution < 1.29 is 4.79 Å². The standard InChI is InChI=1S/C13H13ClN2OS/c1-16(12(17)7-8-14)13-15-11(9-18-13)10-5-3-2-4-6-10/h2-6,9H,7-8H2,1H3. The Labute approximate surface area is 115 Å². The van der Waals surface area contributed by atoms with Crippen LogP contribution < -0.4 is 4.90 Å². The molecule has 0 spiro atoms. The van der Waals surface area contributed by atoms with Gasteiger partial charge in [-0.05, 0) is 0 Å². The van der Waals surface area contributed by atoms with Crippen LogP contribution in [0.1, 0.15) is 6.42 Å². The van der Waals surface area contributed by atoms with Crippen LogP contribution in [0.5, 0.6) is 0 Å². The molecule has 0 saturated carbocycles. The molecule has 0 N–H and O–H groups in total. The van der Waals surface area contributed by atoms with E-state index in [0.717, 1.165) is 11.3 Å². The van der Waals surface area contributed by atoms with Crippen LogP contribution >= 0.6 is 22.9 Å². The Hall–Kier alpha value is -1.39. The number of carbonyl (C=O) groups excluding carboxylic acids is 1. The molecule has 0 aliphatic heterocycles. The third-order valence-electron chi connectivity index (χ3n) is 2.53. The summed E-state index contributed by atoms with van der Waals surface area (Å²) in [6.07, 6.45) is 0.332. The minimum Gasteiger partial charge on any atom is -0.291 e. The van der Waals surface area contributed by atoms with Gasteiger partial charge in [0.05, 0.1) is 5.69 Å². The van der Waals surface area contributed by atoms with E-state index in [4.69, 9.17) is 11.6 Å². The van der Waals surface area contributed by atoms with E-state index in [9.17, 15) is 4.79 Å². The van der Waals surface area contributed by atoms with E-state index in [0.29, 0.717) is 17.4 Å². The van der Waals surface area contributed by atoms with Crippen molar-refractivity contribution in [2.75, 3.05) is 17.8 Å². The molecule has 2 aromatic rings. The van der Waals surface area contributed by atoms with Gasteiger partial charge in [-0.2, -0.15) is 0 Å². The highest BCUT2D eigenvalue weighted by Gasteiger charge is 2.14. The van der Waals surface area contributed by atoms with Crippen LogP contribution in [0.3, 0.4) is 0 Å². The summed E-state index contributed by atoms with van der Waals surface area (Å²) in [5, 5.41) is 2.65. The first-order valence-corrected chi connectivity index (χ1v) is 6.97. The van der Waals surface area contributed by atoms with Crippen LogP contribution in [-0.4, -0.2) is 23.8 Å². The van der Waals surface area contributed by atoms with Gasteiger partial charge in [0.1, 0.15) is 0 Å². The van der Waals surface area contributed by atoms with E-state index in [2.05, 4.69) is 4.98 Å². The number of thiazole rings is 1. The Balaban J connectivity index is 2.18. The number of alkyl halides is 1. The average Bonchev–Trinajstić information content (AvgIpc) is 2.89. The largest absolute Gasteiger partial charge is 0.291 e. The Kier molecular flexibility index (Phi) is 4.33. The maximum Gasteiger partial charge on any atom is 0.229 e. The van der Waals surface area contributed by atoms with Gasteiger partial charge in [-0.3, -0.25) is 9.69 Å². The maximum absolute atomic E-state index is 11.7. The zero-order valence-corrected chi connectivity index (χ0v) is 11.5. The summed E-state index contributed by atoms with van der Waals surface area (Å²) in [5.41, 5.74) is 1.94. The van der Waals surface area contributed by atoms with Crippen LogP contribution in [-0.2, 0) is 4.79 Å². The molecule has 1 amide bonds. The van der Waals surface area contributed by atoms with Gasteiger partial charge >= 0.3 is 0 Å². The lowest BCUT2D eigenvalue weighted by Gasteiger charge is -2.12. The van der Waals surface area contributed by atoms with Crippen LogP contribution in [0.4, 0.5) is 5.13 Å². The topological polar surface area (TPSA) is 33.2 Å². The second kappa shape index (κ2) is 5.98. The molecule has 1 heterocycles. The molecule has 0 saturated heterocycles. The molecular weight excluding hydrogens is 268 g/mol. The molecule has 1 aromatic carbocycles. The van der Waals surface area contributed by atoms with Gasteiger partial charge in [0, 0.05) is 30.3 Å². The summed E-state index contributed by atoms with van der Waals surface area (Å²) < 4.78 is 0. The SMILES string of the molecule is CN(C(=O)CCCl)c1nc(-c2ccccc2)cs1. The molecule has 18 heavy (non-hydrogen) atoms. The minimum absolute atomic E-state index is 0.0149. The monoisotopic (exact) mass is 280 g/mol. The first-order valence-electron chi connectivity index (χ1n) is 5.56. The first kappa shape index (κ1) is 13.1. The van der Waals surface area contributed by atoms with Crippen LogP contribution in [0, 0.1) is 0 Å². The van der Waals surface area contributed by atoms with E-state index in [1.165, 1.54) is 11.3 Å². The van der Waals surface area contributed by atoms with E-state index < -0.39 is 0 Å². The number of aromatic nitrogens is 1. The van der Waals surface area contributed by atoms with Crippen LogP contribution in [0.25, 0.3) is 11.3 Å². The molecule has 94 valence electrons. The molecule has 2 rings (SSSR count). The maximum atomic E-state index is 11.7. The van der Waals surface area contributed by atoms with Crippen molar-refractivity contribution in [3.63, 3.8) is 0 Å². The van der Waals surface area contributed by atoms with Gasteiger partial charge in [0.2, 0.25) is 5.91 Å². The van der Waals surface area contributed by atoms with E-state index in [-0.39, 0.29) is 5.91 Å². The van der Waals surface area contributed by atoms with E-state index in [1.54, 1.807) is 11.9 Å². The highest BCUT2D eigenvalue weighted by atomic mass is 35.5. The molecular formula is C13H13ClN2OS. The summed E-state index contributed by atoms with van der Waals surface area (Å²) in [7, 11) is 1.72. The number of hydrogen-bond donors (Lipinski definition) is 0. The Morgan fingerprint density at radius 2 is 2.11 bits per heavy atom. The summed E-state index contributed by atoms with van der Waals surface area (Å²) in [4.78, 5) is 17.7. The molecule has 5 heteroatoms. The van der Waals surface area contributed by atoms with Crippen LogP contribution in [0.15, 0.2) is 35.7 Å². The van der Waals surface area contributed by atoms with E-state index >= 15 is 0 Å². The molecule has 0 unspecified atom stereocenters. The highest BCUT2D eigenvalue weighted by Crippen LogP contribution is 2.26. The molecule has 0 aliphatic carbocycles. The lowest BCUT2D eigenvalue weighted by Crippen LogP contribution is -2.26. The number of anilines is 1. The quantitative estimate of drug-likeness (QED) is 0.804. The number of rotatable bonds is 4. The van der Waals surface area contributed by atoms with Crippen molar-refractivity contribution in [1.29, 1.82) is 0 Å². The fourth-order valence-electron chi connectivity index (χ4n) is 1.52. The summed E-state index contributed by atoms with van der Waals surface area (Å²) >= 11 is 7.02.